The maximum Gasteiger partial charge on any atom is 0.157 e. The fourth-order valence-electron chi connectivity index (χ4n) is 3.26. The van der Waals surface area contributed by atoms with Crippen LogP contribution in [0.5, 0.6) is 5.75 Å². The molecule has 1 atom stereocenters. The third kappa shape index (κ3) is 4.60. The number of hydrogen-bond donors (Lipinski definition) is 1. The van der Waals surface area contributed by atoms with Gasteiger partial charge in [0.2, 0.25) is 0 Å². The van der Waals surface area contributed by atoms with Gasteiger partial charge in [-0.05, 0) is 31.9 Å². The van der Waals surface area contributed by atoms with Gasteiger partial charge in [0.25, 0.3) is 0 Å². The van der Waals surface area contributed by atoms with Crippen LogP contribution >= 0.6 is 11.8 Å². The molecule has 3 nitrogen and oxygen atoms in total. The third-order valence-electron chi connectivity index (χ3n) is 4.23. The lowest BCUT2D eigenvalue weighted by Crippen LogP contribution is -2.28. The van der Waals surface area contributed by atoms with Crippen LogP contribution in [0.2, 0.25) is 0 Å². The van der Waals surface area contributed by atoms with Crippen molar-refractivity contribution < 1.29 is 4.74 Å². The van der Waals surface area contributed by atoms with Crippen molar-refractivity contribution in [3.05, 3.63) is 58.7 Å². The monoisotopic (exact) mass is 350 g/mol. The first-order valence-corrected chi connectivity index (χ1v) is 9.48. The van der Waals surface area contributed by atoms with Crippen LogP contribution in [0, 0.1) is 13.8 Å². The topological polar surface area (TPSA) is 33.6 Å². The van der Waals surface area contributed by atoms with Gasteiger partial charge in [0, 0.05) is 11.3 Å². The predicted molar refractivity (Wildman–Crippen MR) is 109 cm³/mol. The number of rotatable bonds is 5. The van der Waals surface area contributed by atoms with Gasteiger partial charge in [-0.15, -0.1) is 0 Å². The minimum absolute atomic E-state index is 0.0593. The van der Waals surface area contributed by atoms with Crippen molar-refractivity contribution in [2.24, 2.45) is 4.99 Å². The number of aliphatic imine (C=N–C) groups is 1. The van der Waals surface area contributed by atoms with Crippen molar-refractivity contribution in [3.63, 3.8) is 0 Å². The van der Waals surface area contributed by atoms with E-state index < -0.39 is 0 Å². The standard InChI is InChI=1S/C20H23BN2OS/c1-13-8-14(2)10-15(9-13)11-18(23-20-22-6-7-25-20)17-12-16(21)4-5-19(17)24-3/h4-5,8-10,12,18H,6-7,11H2,1-3H3,(H,22,23). The first-order chi connectivity index (χ1) is 12.0. The number of aryl methyl sites for hydroxylation is 2. The SMILES string of the molecule is [B]c1ccc(OC)c(C(Cc2cc(C)cc(C)c2)NC2=NCCS2)c1. The van der Waals surface area contributed by atoms with E-state index in [0.717, 1.165) is 40.7 Å². The minimum atomic E-state index is 0.0593. The lowest BCUT2D eigenvalue weighted by molar-refractivity contribution is 0.403. The van der Waals surface area contributed by atoms with Crippen LogP contribution in [0.4, 0.5) is 0 Å². The van der Waals surface area contributed by atoms with Crippen molar-refractivity contribution in [1.29, 1.82) is 0 Å². The highest BCUT2D eigenvalue weighted by atomic mass is 32.2. The van der Waals surface area contributed by atoms with E-state index in [2.05, 4.69) is 42.4 Å². The zero-order valence-electron chi connectivity index (χ0n) is 15.0. The van der Waals surface area contributed by atoms with Gasteiger partial charge in [0.15, 0.2) is 5.17 Å². The van der Waals surface area contributed by atoms with E-state index in [4.69, 9.17) is 12.6 Å². The molecule has 0 fully saturated rings. The molecular weight excluding hydrogens is 327 g/mol. The Labute approximate surface area is 155 Å². The average Bonchev–Trinajstić information content (AvgIpc) is 3.06. The van der Waals surface area contributed by atoms with Crippen LogP contribution < -0.4 is 15.5 Å². The highest BCUT2D eigenvalue weighted by molar-refractivity contribution is 8.14. The van der Waals surface area contributed by atoms with Crippen LogP contribution in [0.25, 0.3) is 0 Å². The number of thioether (sulfide) groups is 1. The molecule has 25 heavy (non-hydrogen) atoms. The Morgan fingerprint density at radius 1 is 1.20 bits per heavy atom. The average molecular weight is 350 g/mol. The van der Waals surface area contributed by atoms with Crippen molar-refractivity contribution >= 4 is 30.2 Å². The summed E-state index contributed by atoms with van der Waals surface area (Å²) >= 11 is 1.77. The number of nitrogens with zero attached hydrogens (tertiary/aromatic N) is 1. The van der Waals surface area contributed by atoms with Crippen LogP contribution in [-0.2, 0) is 6.42 Å². The van der Waals surface area contributed by atoms with Crippen LogP contribution in [0.1, 0.15) is 28.3 Å². The number of hydrogen-bond acceptors (Lipinski definition) is 4. The van der Waals surface area contributed by atoms with Crippen molar-refractivity contribution in [2.75, 3.05) is 19.4 Å². The van der Waals surface area contributed by atoms with Gasteiger partial charge in [-0.1, -0.05) is 58.7 Å². The molecule has 2 radical (unpaired) electrons. The van der Waals surface area contributed by atoms with E-state index >= 15 is 0 Å². The highest BCUT2D eigenvalue weighted by Gasteiger charge is 2.20. The summed E-state index contributed by atoms with van der Waals surface area (Å²) in [6.07, 6.45) is 0.849. The molecule has 128 valence electrons. The van der Waals surface area contributed by atoms with Crippen molar-refractivity contribution in [3.8, 4) is 5.75 Å². The molecule has 5 heteroatoms. The molecule has 2 aromatic rings. The van der Waals surface area contributed by atoms with Gasteiger partial charge in [-0.25, -0.2) is 0 Å². The quantitative estimate of drug-likeness (QED) is 0.842. The molecule has 0 aliphatic carbocycles. The van der Waals surface area contributed by atoms with Gasteiger partial charge in [0.1, 0.15) is 13.6 Å². The maximum atomic E-state index is 6.05. The van der Waals surface area contributed by atoms with Crippen LogP contribution in [-0.4, -0.2) is 32.4 Å². The van der Waals surface area contributed by atoms with Gasteiger partial charge < -0.3 is 10.1 Å². The molecule has 1 N–H and O–H groups in total. The number of benzene rings is 2. The van der Waals surface area contributed by atoms with E-state index in [9.17, 15) is 0 Å². The molecule has 3 rings (SSSR count). The second kappa shape index (κ2) is 8.00. The van der Waals surface area contributed by atoms with E-state index in [1.807, 2.05) is 18.2 Å². The van der Waals surface area contributed by atoms with E-state index in [1.165, 1.54) is 16.7 Å². The second-order valence-corrected chi connectivity index (χ2v) is 7.52. The molecule has 1 unspecified atom stereocenters. The summed E-state index contributed by atoms with van der Waals surface area (Å²) in [5.74, 6) is 1.88. The lowest BCUT2D eigenvalue weighted by Gasteiger charge is -2.23. The summed E-state index contributed by atoms with van der Waals surface area (Å²) in [7, 11) is 7.75. The summed E-state index contributed by atoms with van der Waals surface area (Å²) in [5.41, 5.74) is 5.66. The zero-order chi connectivity index (χ0) is 17.8. The zero-order valence-corrected chi connectivity index (χ0v) is 15.8. The van der Waals surface area contributed by atoms with Crippen molar-refractivity contribution in [2.45, 2.75) is 26.3 Å². The first-order valence-electron chi connectivity index (χ1n) is 8.49. The lowest BCUT2D eigenvalue weighted by atomic mass is 9.89. The molecule has 0 amide bonds. The Hall–Kier alpha value is -1.88. The third-order valence-corrected chi connectivity index (χ3v) is 5.14. The summed E-state index contributed by atoms with van der Waals surface area (Å²) in [5, 5.41) is 4.60. The minimum Gasteiger partial charge on any atom is -0.496 e. The Bertz CT molecular complexity index is 771. The van der Waals surface area contributed by atoms with E-state index in [1.54, 1.807) is 18.9 Å². The molecule has 1 aliphatic rings. The normalized spacial score (nSPS) is 14.9. The predicted octanol–water partition coefficient (Wildman–Crippen LogP) is 3.08. The molecule has 2 aromatic carbocycles. The Morgan fingerprint density at radius 2 is 1.96 bits per heavy atom. The molecule has 0 bridgehead atoms. The van der Waals surface area contributed by atoms with E-state index in [0.29, 0.717) is 0 Å². The van der Waals surface area contributed by atoms with Crippen molar-refractivity contribution in [1.82, 2.24) is 5.32 Å². The number of nitrogens with one attached hydrogen (secondary N) is 1. The molecule has 1 aliphatic heterocycles. The maximum absolute atomic E-state index is 6.05. The van der Waals surface area contributed by atoms with E-state index in [-0.39, 0.29) is 6.04 Å². The van der Waals surface area contributed by atoms with Crippen LogP contribution in [0.15, 0.2) is 41.4 Å². The van der Waals surface area contributed by atoms with Gasteiger partial charge >= 0.3 is 0 Å². The fourth-order valence-corrected chi connectivity index (χ4v) is 4.04. The summed E-state index contributed by atoms with van der Waals surface area (Å²) in [6.45, 7) is 5.14. The summed E-state index contributed by atoms with van der Waals surface area (Å²) < 4.78 is 5.59. The smallest absolute Gasteiger partial charge is 0.157 e. The largest absolute Gasteiger partial charge is 0.496 e. The number of ether oxygens (including phenoxy) is 1. The number of amidine groups is 1. The van der Waals surface area contributed by atoms with Gasteiger partial charge in [-0.3, -0.25) is 4.99 Å². The highest BCUT2D eigenvalue weighted by Crippen LogP contribution is 2.28. The Morgan fingerprint density at radius 3 is 2.60 bits per heavy atom. The summed E-state index contributed by atoms with van der Waals surface area (Å²) in [6, 6.07) is 12.5. The first kappa shape index (κ1) is 17.9. The second-order valence-electron chi connectivity index (χ2n) is 6.43. The molecular formula is C20H23BN2OS. The molecule has 0 saturated carbocycles. The number of methoxy groups -OCH3 is 1. The fraction of sp³-hybridized carbons (Fsp3) is 0.350. The Balaban J connectivity index is 1.95. The Kier molecular flexibility index (Phi) is 5.74. The van der Waals surface area contributed by atoms with Gasteiger partial charge in [0.05, 0.1) is 19.7 Å². The summed E-state index contributed by atoms with van der Waals surface area (Å²) in [4.78, 5) is 4.55. The molecule has 0 aromatic heterocycles. The molecule has 0 spiro atoms. The van der Waals surface area contributed by atoms with Gasteiger partial charge in [-0.2, -0.15) is 0 Å². The molecule has 1 heterocycles. The van der Waals surface area contributed by atoms with Crippen LogP contribution in [0.3, 0.4) is 0 Å². The molecule has 0 saturated heterocycles.